The van der Waals surface area contributed by atoms with E-state index in [4.69, 9.17) is 0 Å². The number of aliphatic hydroxyl groups excluding tert-OH is 1. The number of alkyl halides is 1. The Morgan fingerprint density at radius 3 is 2.50 bits per heavy atom. The van der Waals surface area contributed by atoms with Gasteiger partial charge in [0, 0.05) is 18.5 Å². The molecule has 5 heteroatoms. The van der Waals surface area contributed by atoms with Crippen molar-refractivity contribution in [3.63, 3.8) is 0 Å². The average Bonchev–Trinajstić information content (AvgIpc) is 2.93. The third kappa shape index (κ3) is 3.84. The lowest BCUT2D eigenvalue weighted by Gasteiger charge is -2.23. The predicted octanol–water partition coefficient (Wildman–Crippen LogP) is 2.07. The minimum Gasteiger partial charge on any atom is -0.394 e. The quantitative estimate of drug-likeness (QED) is 0.875. The third-order valence-corrected chi connectivity index (χ3v) is 4.34. The highest BCUT2D eigenvalue weighted by molar-refractivity contribution is 5.94. The molecule has 1 aliphatic heterocycles. The van der Waals surface area contributed by atoms with E-state index in [1.54, 1.807) is 12.1 Å². The number of nitrogens with zero attached hydrogens (tertiary/aromatic N) is 2. The lowest BCUT2D eigenvalue weighted by Crippen LogP contribution is -2.37. The Kier molecular flexibility index (Phi) is 5.91. The van der Waals surface area contributed by atoms with Crippen molar-refractivity contribution in [3.05, 3.63) is 35.4 Å². The molecule has 22 heavy (non-hydrogen) atoms. The number of benzene rings is 1. The Morgan fingerprint density at radius 2 is 1.95 bits per heavy atom. The van der Waals surface area contributed by atoms with Crippen molar-refractivity contribution in [3.8, 4) is 0 Å². The normalized spacial score (nSPS) is 21.6. The second kappa shape index (κ2) is 7.70. The molecular formula is C17H25FN2O2. The SMILES string of the molecule is CCN(CC)Cc1ccc(C(=O)N2C[C@@H](F)C[C@H]2CO)cc1. The molecule has 0 saturated carbocycles. The van der Waals surface area contributed by atoms with E-state index in [-0.39, 0.29) is 25.5 Å². The standard InChI is InChI=1S/C17H25FN2O2/c1-3-19(4-2)10-13-5-7-14(8-6-13)17(22)20-11-15(18)9-16(20)12-21/h5-8,15-16,21H,3-4,9-12H2,1-2H3/t15-,16-/m0/s1. The molecule has 122 valence electrons. The van der Waals surface area contributed by atoms with Crippen LogP contribution in [0, 0.1) is 0 Å². The van der Waals surface area contributed by atoms with E-state index < -0.39 is 12.2 Å². The van der Waals surface area contributed by atoms with Crippen LogP contribution in [-0.2, 0) is 6.54 Å². The van der Waals surface area contributed by atoms with Crippen LogP contribution in [0.3, 0.4) is 0 Å². The Morgan fingerprint density at radius 1 is 1.32 bits per heavy atom. The Balaban J connectivity index is 2.05. The predicted molar refractivity (Wildman–Crippen MR) is 84.5 cm³/mol. The molecular weight excluding hydrogens is 283 g/mol. The number of amides is 1. The van der Waals surface area contributed by atoms with Gasteiger partial charge in [-0.15, -0.1) is 0 Å². The molecule has 0 aliphatic carbocycles. The second-order valence-electron chi connectivity index (χ2n) is 5.79. The van der Waals surface area contributed by atoms with Gasteiger partial charge in [-0.3, -0.25) is 9.69 Å². The van der Waals surface area contributed by atoms with Gasteiger partial charge in [0.25, 0.3) is 5.91 Å². The maximum Gasteiger partial charge on any atom is 0.254 e. The van der Waals surface area contributed by atoms with Gasteiger partial charge in [-0.1, -0.05) is 26.0 Å². The van der Waals surface area contributed by atoms with E-state index in [0.29, 0.717) is 5.56 Å². The molecule has 2 atom stereocenters. The van der Waals surface area contributed by atoms with Crippen LogP contribution in [0.1, 0.15) is 36.2 Å². The van der Waals surface area contributed by atoms with Crippen LogP contribution in [0.5, 0.6) is 0 Å². The summed E-state index contributed by atoms with van der Waals surface area (Å²) in [7, 11) is 0. The lowest BCUT2D eigenvalue weighted by molar-refractivity contribution is 0.0673. The summed E-state index contributed by atoms with van der Waals surface area (Å²) in [5, 5.41) is 9.28. The highest BCUT2D eigenvalue weighted by Crippen LogP contribution is 2.22. The van der Waals surface area contributed by atoms with E-state index in [1.165, 1.54) is 4.90 Å². The highest BCUT2D eigenvalue weighted by Gasteiger charge is 2.35. The maximum absolute atomic E-state index is 13.5. The first-order valence-corrected chi connectivity index (χ1v) is 7.96. The molecule has 1 N–H and O–H groups in total. The Hall–Kier alpha value is -1.46. The fourth-order valence-corrected chi connectivity index (χ4v) is 2.91. The number of carbonyl (C=O) groups excluding carboxylic acids is 1. The molecule has 1 heterocycles. The Bertz CT molecular complexity index is 488. The molecule has 1 saturated heterocycles. The number of aliphatic hydroxyl groups is 1. The van der Waals surface area contributed by atoms with Crippen molar-refractivity contribution in [1.82, 2.24) is 9.80 Å². The second-order valence-corrected chi connectivity index (χ2v) is 5.79. The zero-order valence-electron chi connectivity index (χ0n) is 13.3. The van der Waals surface area contributed by atoms with E-state index in [9.17, 15) is 14.3 Å². The zero-order chi connectivity index (χ0) is 16.1. The molecule has 1 amide bonds. The smallest absolute Gasteiger partial charge is 0.254 e. The van der Waals surface area contributed by atoms with Crippen molar-refractivity contribution >= 4 is 5.91 Å². The number of hydrogen-bond donors (Lipinski definition) is 1. The van der Waals surface area contributed by atoms with Crippen LogP contribution in [0.4, 0.5) is 4.39 Å². The van der Waals surface area contributed by atoms with Crippen LogP contribution in [0.15, 0.2) is 24.3 Å². The molecule has 0 aromatic heterocycles. The van der Waals surface area contributed by atoms with Crippen molar-refractivity contribution < 1.29 is 14.3 Å². The summed E-state index contributed by atoms with van der Waals surface area (Å²) < 4.78 is 13.5. The fraction of sp³-hybridized carbons (Fsp3) is 0.588. The molecule has 1 aromatic rings. The largest absolute Gasteiger partial charge is 0.394 e. The van der Waals surface area contributed by atoms with E-state index >= 15 is 0 Å². The first-order valence-electron chi connectivity index (χ1n) is 7.96. The van der Waals surface area contributed by atoms with Gasteiger partial charge in [0.1, 0.15) is 6.17 Å². The van der Waals surface area contributed by atoms with Crippen molar-refractivity contribution in [2.75, 3.05) is 26.2 Å². The van der Waals surface area contributed by atoms with Gasteiger partial charge >= 0.3 is 0 Å². The number of rotatable bonds is 6. The van der Waals surface area contributed by atoms with Crippen LogP contribution in [0.25, 0.3) is 0 Å². The summed E-state index contributed by atoms with van der Waals surface area (Å²) in [5.41, 5.74) is 1.71. The molecule has 2 rings (SSSR count). The van der Waals surface area contributed by atoms with E-state index in [2.05, 4.69) is 18.7 Å². The monoisotopic (exact) mass is 308 g/mol. The molecule has 0 bridgehead atoms. The van der Waals surface area contributed by atoms with Gasteiger partial charge in [0.2, 0.25) is 0 Å². The van der Waals surface area contributed by atoms with Crippen molar-refractivity contribution in [2.45, 2.75) is 39.0 Å². The molecule has 1 aromatic carbocycles. The van der Waals surface area contributed by atoms with E-state index in [0.717, 1.165) is 25.2 Å². The number of halogens is 1. The summed E-state index contributed by atoms with van der Waals surface area (Å²) in [6.07, 6.45) is -0.814. The minimum absolute atomic E-state index is 0.0747. The third-order valence-electron chi connectivity index (χ3n) is 4.34. The molecule has 0 spiro atoms. The number of likely N-dealkylation sites (tertiary alicyclic amines) is 1. The van der Waals surface area contributed by atoms with Crippen LogP contribution < -0.4 is 0 Å². The summed E-state index contributed by atoms with van der Waals surface area (Å²) in [4.78, 5) is 16.2. The summed E-state index contributed by atoms with van der Waals surface area (Å²) in [5.74, 6) is -0.200. The van der Waals surface area contributed by atoms with Gasteiger partial charge < -0.3 is 10.0 Å². The number of carbonyl (C=O) groups is 1. The molecule has 1 aliphatic rings. The first-order chi connectivity index (χ1) is 10.6. The average molecular weight is 308 g/mol. The Labute approximate surface area is 131 Å². The summed E-state index contributed by atoms with van der Waals surface area (Å²) >= 11 is 0. The minimum atomic E-state index is -1.04. The van der Waals surface area contributed by atoms with Crippen LogP contribution >= 0.6 is 0 Å². The summed E-state index contributed by atoms with van der Waals surface area (Å²) in [6.45, 7) is 6.96. The topological polar surface area (TPSA) is 43.8 Å². The molecule has 4 nitrogen and oxygen atoms in total. The lowest BCUT2D eigenvalue weighted by atomic mass is 10.1. The van der Waals surface area contributed by atoms with Crippen LogP contribution in [0.2, 0.25) is 0 Å². The highest BCUT2D eigenvalue weighted by atomic mass is 19.1. The van der Waals surface area contributed by atoms with Crippen molar-refractivity contribution in [1.29, 1.82) is 0 Å². The van der Waals surface area contributed by atoms with Gasteiger partial charge in [0.05, 0.1) is 19.2 Å². The molecule has 1 fully saturated rings. The summed E-state index contributed by atoms with van der Waals surface area (Å²) in [6, 6.07) is 7.07. The van der Waals surface area contributed by atoms with Crippen LogP contribution in [-0.4, -0.2) is 59.3 Å². The van der Waals surface area contributed by atoms with Gasteiger partial charge in [0.15, 0.2) is 0 Å². The van der Waals surface area contributed by atoms with Crippen molar-refractivity contribution in [2.24, 2.45) is 0 Å². The number of hydrogen-bond acceptors (Lipinski definition) is 3. The van der Waals surface area contributed by atoms with E-state index in [1.807, 2.05) is 12.1 Å². The molecule has 0 radical (unpaired) electrons. The molecule has 0 unspecified atom stereocenters. The maximum atomic E-state index is 13.5. The van der Waals surface area contributed by atoms with Gasteiger partial charge in [-0.25, -0.2) is 4.39 Å². The fourth-order valence-electron chi connectivity index (χ4n) is 2.91. The first kappa shape index (κ1) is 16.9. The van der Waals surface area contributed by atoms with Gasteiger partial charge in [-0.05, 0) is 30.8 Å². The van der Waals surface area contributed by atoms with Gasteiger partial charge in [-0.2, -0.15) is 0 Å². The zero-order valence-corrected chi connectivity index (χ0v) is 13.3.